The first kappa shape index (κ1) is 15.7. The van der Waals surface area contributed by atoms with Gasteiger partial charge in [0.1, 0.15) is 11.5 Å². The second-order valence-electron chi connectivity index (χ2n) is 6.47. The van der Waals surface area contributed by atoms with Crippen molar-refractivity contribution >= 4 is 11.7 Å². The molecule has 27 heavy (non-hydrogen) atoms. The van der Waals surface area contributed by atoms with Crippen molar-refractivity contribution in [3.63, 3.8) is 0 Å². The highest BCUT2D eigenvalue weighted by Gasteiger charge is 2.27. The fourth-order valence-corrected chi connectivity index (χ4v) is 3.41. The summed E-state index contributed by atoms with van der Waals surface area (Å²) in [6.45, 7) is 1.01. The fraction of sp³-hybridized carbons (Fsp3) is 0.158. The maximum atomic E-state index is 13.2. The second kappa shape index (κ2) is 6.01. The summed E-state index contributed by atoms with van der Waals surface area (Å²) in [6.07, 6.45) is 5.82. The number of carbonyl (C=O) groups is 1. The predicted molar refractivity (Wildman–Crippen MR) is 95.4 cm³/mol. The quantitative estimate of drug-likeness (QED) is 0.594. The Hall–Kier alpha value is -3.55. The number of imidazole rings is 1. The van der Waals surface area contributed by atoms with E-state index in [9.17, 15) is 9.18 Å². The molecule has 0 unspecified atom stereocenters. The first-order valence-corrected chi connectivity index (χ1v) is 8.60. The topological polar surface area (TPSA) is 79.2 Å². The van der Waals surface area contributed by atoms with Gasteiger partial charge in [0.15, 0.2) is 0 Å². The minimum absolute atomic E-state index is 0.141. The summed E-state index contributed by atoms with van der Waals surface area (Å²) in [6, 6.07) is 7.99. The summed E-state index contributed by atoms with van der Waals surface area (Å²) in [7, 11) is 0. The summed E-state index contributed by atoms with van der Waals surface area (Å²) in [5.41, 5.74) is 3.90. The SMILES string of the molecule is O=C(c1cn2cccnc2n1)N1CCc2[nH]nc(-c3ccc(F)cc3)c2C1. The third-order valence-electron chi connectivity index (χ3n) is 4.79. The molecule has 134 valence electrons. The smallest absolute Gasteiger partial charge is 0.274 e. The molecule has 1 aliphatic heterocycles. The zero-order valence-electron chi connectivity index (χ0n) is 14.3. The number of amides is 1. The highest BCUT2D eigenvalue weighted by Crippen LogP contribution is 2.29. The van der Waals surface area contributed by atoms with Crippen LogP contribution in [0.1, 0.15) is 21.7 Å². The molecule has 0 fully saturated rings. The van der Waals surface area contributed by atoms with Gasteiger partial charge in [0.25, 0.3) is 5.91 Å². The molecule has 4 heterocycles. The van der Waals surface area contributed by atoms with E-state index in [-0.39, 0.29) is 11.7 Å². The van der Waals surface area contributed by atoms with E-state index < -0.39 is 0 Å². The maximum Gasteiger partial charge on any atom is 0.274 e. The van der Waals surface area contributed by atoms with E-state index in [1.54, 1.807) is 39.9 Å². The van der Waals surface area contributed by atoms with Crippen LogP contribution in [0.4, 0.5) is 4.39 Å². The molecule has 0 saturated heterocycles. The summed E-state index contributed by atoms with van der Waals surface area (Å²) in [5.74, 6) is 0.0617. The summed E-state index contributed by atoms with van der Waals surface area (Å²) in [5, 5.41) is 7.43. The molecule has 1 amide bonds. The third-order valence-corrected chi connectivity index (χ3v) is 4.79. The van der Waals surface area contributed by atoms with Crippen molar-refractivity contribution in [2.24, 2.45) is 0 Å². The lowest BCUT2D eigenvalue weighted by Gasteiger charge is -2.26. The first-order chi connectivity index (χ1) is 13.2. The van der Waals surface area contributed by atoms with Gasteiger partial charge in [0, 0.05) is 48.4 Å². The van der Waals surface area contributed by atoms with Crippen LogP contribution in [0.5, 0.6) is 0 Å². The van der Waals surface area contributed by atoms with Crippen LogP contribution in [0.3, 0.4) is 0 Å². The Balaban J connectivity index is 1.45. The Morgan fingerprint density at radius 2 is 2.07 bits per heavy atom. The van der Waals surface area contributed by atoms with Gasteiger partial charge in [-0.1, -0.05) is 0 Å². The number of halogens is 1. The van der Waals surface area contributed by atoms with Gasteiger partial charge in [0.05, 0.1) is 12.2 Å². The van der Waals surface area contributed by atoms with Gasteiger partial charge in [-0.3, -0.25) is 14.3 Å². The largest absolute Gasteiger partial charge is 0.332 e. The molecule has 0 aliphatic carbocycles. The molecular formula is C19H15FN6O. The molecule has 8 heteroatoms. The second-order valence-corrected chi connectivity index (χ2v) is 6.47. The number of benzene rings is 1. The zero-order chi connectivity index (χ0) is 18.4. The summed E-state index contributed by atoms with van der Waals surface area (Å²) < 4.78 is 14.9. The van der Waals surface area contributed by atoms with Crippen molar-refractivity contribution in [1.29, 1.82) is 0 Å². The number of H-pyrrole nitrogens is 1. The number of nitrogens with one attached hydrogen (secondary N) is 1. The molecule has 0 bridgehead atoms. The summed E-state index contributed by atoms with van der Waals surface area (Å²) in [4.78, 5) is 23.2. The number of aromatic nitrogens is 5. The van der Waals surface area contributed by atoms with E-state index in [1.807, 2.05) is 6.20 Å². The number of fused-ring (bicyclic) bond motifs is 2. The van der Waals surface area contributed by atoms with Gasteiger partial charge >= 0.3 is 0 Å². The van der Waals surface area contributed by atoms with Crippen LogP contribution in [-0.4, -0.2) is 41.9 Å². The molecule has 1 aromatic carbocycles. The van der Waals surface area contributed by atoms with Gasteiger partial charge < -0.3 is 4.90 Å². The number of nitrogens with zero attached hydrogens (tertiary/aromatic N) is 5. The van der Waals surface area contributed by atoms with Crippen molar-refractivity contribution in [1.82, 2.24) is 29.5 Å². The van der Waals surface area contributed by atoms with Crippen LogP contribution in [0.15, 0.2) is 48.9 Å². The highest BCUT2D eigenvalue weighted by atomic mass is 19.1. The number of hydrogen-bond donors (Lipinski definition) is 1. The van der Waals surface area contributed by atoms with Gasteiger partial charge in [0.2, 0.25) is 5.78 Å². The highest BCUT2D eigenvalue weighted by molar-refractivity contribution is 5.93. The molecule has 1 aliphatic rings. The van der Waals surface area contributed by atoms with Crippen LogP contribution in [0.2, 0.25) is 0 Å². The van der Waals surface area contributed by atoms with E-state index in [4.69, 9.17) is 0 Å². The van der Waals surface area contributed by atoms with E-state index >= 15 is 0 Å². The van der Waals surface area contributed by atoms with E-state index in [2.05, 4.69) is 20.2 Å². The third kappa shape index (κ3) is 2.66. The molecule has 0 atom stereocenters. The van der Waals surface area contributed by atoms with Gasteiger partial charge in [-0.15, -0.1) is 0 Å². The van der Waals surface area contributed by atoms with Gasteiger partial charge in [-0.2, -0.15) is 5.10 Å². The predicted octanol–water partition coefficient (Wildman–Crippen LogP) is 2.46. The Bertz CT molecular complexity index is 1110. The maximum absolute atomic E-state index is 13.2. The molecule has 0 saturated carbocycles. The average molecular weight is 362 g/mol. The minimum Gasteiger partial charge on any atom is -0.332 e. The Labute approximate surface area is 153 Å². The van der Waals surface area contributed by atoms with Crippen LogP contribution in [0, 0.1) is 5.82 Å². The lowest BCUT2D eigenvalue weighted by Crippen LogP contribution is -2.36. The Morgan fingerprint density at radius 3 is 2.89 bits per heavy atom. The zero-order valence-corrected chi connectivity index (χ0v) is 14.3. The molecule has 3 aromatic heterocycles. The normalized spacial score (nSPS) is 13.7. The standard InChI is InChI=1S/C19H15FN6O/c20-13-4-2-12(3-5-13)17-14-10-25(9-6-15(14)23-24-17)18(27)16-11-26-8-1-7-21-19(26)22-16/h1-5,7-8,11H,6,9-10H2,(H,23,24). The van der Waals surface area contributed by atoms with E-state index in [0.717, 1.165) is 22.5 Å². The molecule has 0 spiro atoms. The van der Waals surface area contributed by atoms with Crippen molar-refractivity contribution in [2.45, 2.75) is 13.0 Å². The van der Waals surface area contributed by atoms with Crippen molar-refractivity contribution in [3.8, 4) is 11.3 Å². The number of aromatic amines is 1. The van der Waals surface area contributed by atoms with Gasteiger partial charge in [-0.25, -0.2) is 14.4 Å². The molecule has 1 N–H and O–H groups in total. The Kier molecular flexibility index (Phi) is 3.49. The van der Waals surface area contributed by atoms with Crippen molar-refractivity contribution in [3.05, 3.63) is 71.7 Å². The molecular weight excluding hydrogens is 347 g/mol. The minimum atomic E-state index is -0.291. The van der Waals surface area contributed by atoms with E-state index in [0.29, 0.717) is 31.0 Å². The number of carbonyl (C=O) groups excluding carboxylic acids is 1. The van der Waals surface area contributed by atoms with Crippen LogP contribution in [0.25, 0.3) is 17.0 Å². The molecule has 7 nitrogen and oxygen atoms in total. The molecule has 4 aromatic rings. The average Bonchev–Trinajstić information content (AvgIpc) is 3.31. The first-order valence-electron chi connectivity index (χ1n) is 8.60. The van der Waals surface area contributed by atoms with Crippen LogP contribution in [-0.2, 0) is 13.0 Å². The number of hydrogen-bond acceptors (Lipinski definition) is 4. The van der Waals surface area contributed by atoms with Crippen molar-refractivity contribution in [2.75, 3.05) is 6.54 Å². The lowest BCUT2D eigenvalue weighted by atomic mass is 10.0. The van der Waals surface area contributed by atoms with Gasteiger partial charge in [-0.05, 0) is 30.3 Å². The molecule has 0 radical (unpaired) electrons. The molecule has 5 rings (SSSR count). The Morgan fingerprint density at radius 1 is 1.22 bits per heavy atom. The monoisotopic (exact) mass is 362 g/mol. The van der Waals surface area contributed by atoms with E-state index in [1.165, 1.54) is 12.1 Å². The van der Waals surface area contributed by atoms with Crippen LogP contribution < -0.4 is 0 Å². The fourth-order valence-electron chi connectivity index (χ4n) is 3.41. The van der Waals surface area contributed by atoms with Crippen molar-refractivity contribution < 1.29 is 9.18 Å². The number of rotatable bonds is 2. The lowest BCUT2D eigenvalue weighted by molar-refractivity contribution is 0.0729. The van der Waals surface area contributed by atoms with Crippen LogP contribution >= 0.6 is 0 Å². The summed E-state index contributed by atoms with van der Waals surface area (Å²) >= 11 is 0.